The molecule has 0 saturated carbocycles. The van der Waals surface area contributed by atoms with Crippen LogP contribution >= 0.6 is 11.3 Å². The monoisotopic (exact) mass is 204 g/mol. The van der Waals surface area contributed by atoms with Gasteiger partial charge >= 0.3 is 0 Å². The van der Waals surface area contributed by atoms with Crippen molar-refractivity contribution in [2.75, 3.05) is 0 Å². The number of ether oxygens (including phenoxy) is 1. The zero-order valence-electron chi connectivity index (χ0n) is 8.07. The Morgan fingerprint density at radius 2 is 2.14 bits per heavy atom. The van der Waals surface area contributed by atoms with Gasteiger partial charge in [0, 0.05) is 0 Å². The van der Waals surface area contributed by atoms with Crippen LogP contribution in [0.3, 0.4) is 0 Å². The third-order valence-corrected chi connectivity index (χ3v) is 2.65. The van der Waals surface area contributed by atoms with Crippen molar-refractivity contribution in [3.8, 4) is 10.8 Å². The SMILES string of the molecule is Cc1ccc(Oc2cn[c]s2)cc1C. The Morgan fingerprint density at radius 3 is 2.79 bits per heavy atom. The fraction of sp³-hybridized carbons (Fsp3) is 0.182. The molecule has 1 heterocycles. The van der Waals surface area contributed by atoms with Crippen LogP contribution < -0.4 is 4.74 Å². The lowest BCUT2D eigenvalue weighted by molar-refractivity contribution is 0.494. The third-order valence-electron chi connectivity index (χ3n) is 2.07. The first-order valence-corrected chi connectivity index (χ1v) is 5.14. The minimum absolute atomic E-state index is 0.772. The number of aryl methyl sites for hydroxylation is 2. The summed E-state index contributed by atoms with van der Waals surface area (Å²) in [4.78, 5) is 3.83. The van der Waals surface area contributed by atoms with Crippen LogP contribution in [0.4, 0.5) is 0 Å². The number of aromatic nitrogens is 1. The highest BCUT2D eigenvalue weighted by Crippen LogP contribution is 2.25. The van der Waals surface area contributed by atoms with E-state index in [1.165, 1.54) is 22.5 Å². The van der Waals surface area contributed by atoms with Crippen molar-refractivity contribution < 1.29 is 4.74 Å². The summed E-state index contributed by atoms with van der Waals surface area (Å²) in [5.74, 6) is 0.853. The molecule has 0 N–H and O–H groups in total. The first kappa shape index (κ1) is 9.21. The summed E-state index contributed by atoms with van der Waals surface area (Å²) in [5, 5.41) is 0.772. The number of thiazole rings is 1. The minimum atomic E-state index is 0.772. The maximum atomic E-state index is 5.58. The van der Waals surface area contributed by atoms with Gasteiger partial charge in [0.25, 0.3) is 0 Å². The quantitative estimate of drug-likeness (QED) is 0.748. The van der Waals surface area contributed by atoms with E-state index in [0.717, 1.165) is 10.8 Å². The number of benzene rings is 1. The van der Waals surface area contributed by atoms with Crippen LogP contribution in [0.1, 0.15) is 11.1 Å². The van der Waals surface area contributed by atoms with Crippen molar-refractivity contribution in [1.29, 1.82) is 0 Å². The Bertz CT molecular complexity index is 423. The molecule has 1 radical (unpaired) electrons. The zero-order chi connectivity index (χ0) is 9.97. The van der Waals surface area contributed by atoms with Gasteiger partial charge in [-0.1, -0.05) is 17.4 Å². The lowest BCUT2D eigenvalue weighted by Crippen LogP contribution is -1.84. The van der Waals surface area contributed by atoms with E-state index < -0.39 is 0 Å². The molecule has 0 aliphatic rings. The first-order chi connectivity index (χ1) is 6.75. The molecular weight excluding hydrogens is 194 g/mol. The predicted octanol–water partition coefficient (Wildman–Crippen LogP) is 3.35. The van der Waals surface area contributed by atoms with Crippen LogP contribution in [-0.2, 0) is 0 Å². The number of hydrogen-bond donors (Lipinski definition) is 0. The van der Waals surface area contributed by atoms with Crippen molar-refractivity contribution >= 4 is 11.3 Å². The van der Waals surface area contributed by atoms with Gasteiger partial charge in [0.05, 0.1) is 6.20 Å². The average Bonchev–Trinajstić information content (AvgIpc) is 2.64. The summed E-state index contributed by atoms with van der Waals surface area (Å²) in [7, 11) is 0. The molecule has 0 spiro atoms. The van der Waals surface area contributed by atoms with Gasteiger partial charge < -0.3 is 4.74 Å². The van der Waals surface area contributed by atoms with Gasteiger partial charge in [-0.2, -0.15) is 0 Å². The molecule has 0 amide bonds. The second-order valence-electron chi connectivity index (χ2n) is 3.12. The van der Waals surface area contributed by atoms with E-state index in [9.17, 15) is 0 Å². The number of hydrogen-bond acceptors (Lipinski definition) is 3. The van der Waals surface area contributed by atoms with Gasteiger partial charge in [-0.05, 0) is 37.1 Å². The topological polar surface area (TPSA) is 22.1 Å². The number of rotatable bonds is 2. The van der Waals surface area contributed by atoms with Gasteiger partial charge in [0.2, 0.25) is 5.06 Å². The number of nitrogens with zero attached hydrogens (tertiary/aromatic N) is 1. The predicted molar refractivity (Wildman–Crippen MR) is 56.9 cm³/mol. The van der Waals surface area contributed by atoms with Crippen LogP contribution in [0.2, 0.25) is 0 Å². The summed E-state index contributed by atoms with van der Waals surface area (Å²) >= 11 is 1.37. The normalized spacial score (nSPS) is 10.1. The minimum Gasteiger partial charge on any atom is -0.445 e. The highest BCUT2D eigenvalue weighted by atomic mass is 32.1. The van der Waals surface area contributed by atoms with E-state index >= 15 is 0 Å². The molecule has 1 aromatic carbocycles. The lowest BCUT2D eigenvalue weighted by atomic mass is 10.1. The van der Waals surface area contributed by atoms with E-state index in [1.54, 1.807) is 6.20 Å². The van der Waals surface area contributed by atoms with Crippen LogP contribution in [0.15, 0.2) is 24.4 Å². The molecule has 0 aliphatic carbocycles. The Morgan fingerprint density at radius 1 is 1.29 bits per heavy atom. The van der Waals surface area contributed by atoms with Gasteiger partial charge in [-0.3, -0.25) is 0 Å². The average molecular weight is 204 g/mol. The van der Waals surface area contributed by atoms with E-state index in [2.05, 4.69) is 30.4 Å². The van der Waals surface area contributed by atoms with Crippen LogP contribution in [0, 0.1) is 19.4 Å². The third kappa shape index (κ3) is 1.93. The van der Waals surface area contributed by atoms with E-state index in [-0.39, 0.29) is 0 Å². The molecule has 0 bridgehead atoms. The molecule has 2 rings (SSSR count). The molecule has 0 atom stereocenters. The van der Waals surface area contributed by atoms with Crippen molar-refractivity contribution in [3.63, 3.8) is 0 Å². The summed E-state index contributed by atoms with van der Waals surface area (Å²) < 4.78 is 5.58. The van der Waals surface area contributed by atoms with Gasteiger partial charge in [-0.15, -0.1) is 0 Å². The molecule has 3 heteroatoms. The Labute approximate surface area is 87.2 Å². The fourth-order valence-electron chi connectivity index (χ4n) is 1.12. The molecule has 2 nitrogen and oxygen atoms in total. The standard InChI is InChI=1S/C11H10NOS/c1-8-3-4-10(5-9(8)2)13-11-6-12-7-14-11/h3-6H,1-2H3. The molecule has 0 aliphatic heterocycles. The molecule has 0 fully saturated rings. The van der Waals surface area contributed by atoms with Crippen molar-refractivity contribution in [1.82, 2.24) is 4.98 Å². The molecule has 71 valence electrons. The Kier molecular flexibility index (Phi) is 2.50. The fourth-order valence-corrected chi connectivity index (χ4v) is 1.56. The lowest BCUT2D eigenvalue weighted by Gasteiger charge is -2.04. The molecule has 0 unspecified atom stereocenters. The summed E-state index contributed by atoms with van der Waals surface area (Å²) in [6.45, 7) is 4.15. The van der Waals surface area contributed by atoms with E-state index in [1.807, 2.05) is 12.1 Å². The zero-order valence-corrected chi connectivity index (χ0v) is 8.89. The maximum Gasteiger partial charge on any atom is 0.201 e. The summed E-state index contributed by atoms with van der Waals surface area (Å²) in [5.41, 5.74) is 5.25. The van der Waals surface area contributed by atoms with E-state index in [4.69, 9.17) is 4.74 Å². The molecule has 2 aromatic rings. The molecular formula is C11H10NOS. The first-order valence-electron chi connectivity index (χ1n) is 4.33. The summed E-state index contributed by atoms with van der Waals surface area (Å²) in [6, 6.07) is 6.03. The highest BCUT2D eigenvalue weighted by molar-refractivity contribution is 7.11. The van der Waals surface area contributed by atoms with Crippen LogP contribution in [-0.4, -0.2) is 4.98 Å². The van der Waals surface area contributed by atoms with Gasteiger partial charge in [0.15, 0.2) is 5.51 Å². The molecule has 0 saturated heterocycles. The van der Waals surface area contributed by atoms with Crippen LogP contribution in [0.25, 0.3) is 0 Å². The molecule has 14 heavy (non-hydrogen) atoms. The van der Waals surface area contributed by atoms with Gasteiger partial charge in [0.1, 0.15) is 5.75 Å². The largest absolute Gasteiger partial charge is 0.445 e. The van der Waals surface area contributed by atoms with E-state index in [0.29, 0.717) is 0 Å². The Hall–Kier alpha value is -1.35. The summed E-state index contributed by atoms with van der Waals surface area (Å²) in [6.07, 6.45) is 1.67. The van der Waals surface area contributed by atoms with Crippen LogP contribution in [0.5, 0.6) is 10.8 Å². The Balaban J connectivity index is 2.22. The van der Waals surface area contributed by atoms with Crippen molar-refractivity contribution in [3.05, 3.63) is 41.0 Å². The second kappa shape index (κ2) is 3.80. The highest BCUT2D eigenvalue weighted by Gasteiger charge is 2.00. The second-order valence-corrected chi connectivity index (χ2v) is 3.91. The maximum absolute atomic E-state index is 5.58. The van der Waals surface area contributed by atoms with Gasteiger partial charge in [-0.25, -0.2) is 4.98 Å². The van der Waals surface area contributed by atoms with Crippen molar-refractivity contribution in [2.45, 2.75) is 13.8 Å². The molecule has 1 aromatic heterocycles. The van der Waals surface area contributed by atoms with Crippen molar-refractivity contribution in [2.24, 2.45) is 0 Å². The smallest absolute Gasteiger partial charge is 0.201 e.